The average Bonchev–Trinajstić information content (AvgIpc) is 2.47. The molecule has 1 fully saturated rings. The number of aliphatic hydroxyl groups is 1. The van der Waals surface area contributed by atoms with Crippen molar-refractivity contribution in [3.8, 4) is 0 Å². The average molecular weight is 285 g/mol. The van der Waals surface area contributed by atoms with Gasteiger partial charge < -0.3 is 10.8 Å². The molecule has 1 aliphatic heterocycles. The molecule has 0 amide bonds. The molecular weight excluding hydrogens is 266 g/mol. The Morgan fingerprint density at radius 3 is 3.00 bits per heavy atom. The highest BCUT2D eigenvalue weighted by molar-refractivity contribution is 7.89. The molecule has 1 atom stereocenters. The third-order valence-electron chi connectivity index (χ3n) is 3.40. The Morgan fingerprint density at radius 2 is 2.32 bits per heavy atom. The summed E-state index contributed by atoms with van der Waals surface area (Å²) in [5, 5.41) is 9.19. The molecule has 0 radical (unpaired) electrons. The molecule has 19 heavy (non-hydrogen) atoms. The molecule has 1 aliphatic rings. The summed E-state index contributed by atoms with van der Waals surface area (Å²) in [6, 6.07) is 3.13. The summed E-state index contributed by atoms with van der Waals surface area (Å²) in [6.07, 6.45) is 3.16. The fraction of sp³-hybridized carbons (Fsp3) is 0.583. The number of nitrogens with zero attached hydrogens (tertiary/aromatic N) is 2. The molecule has 1 aromatic rings. The maximum Gasteiger partial charge on any atom is 0.244 e. The van der Waals surface area contributed by atoms with E-state index in [4.69, 9.17) is 5.73 Å². The Labute approximate surface area is 113 Å². The number of piperidine rings is 1. The zero-order valence-corrected chi connectivity index (χ0v) is 11.5. The molecule has 0 saturated carbocycles. The van der Waals surface area contributed by atoms with Crippen LogP contribution in [-0.4, -0.2) is 42.5 Å². The molecule has 106 valence electrons. The smallest absolute Gasteiger partial charge is 0.244 e. The van der Waals surface area contributed by atoms with E-state index in [-0.39, 0.29) is 24.0 Å². The topological polar surface area (TPSA) is 96.5 Å². The van der Waals surface area contributed by atoms with E-state index in [9.17, 15) is 13.5 Å². The number of sulfonamides is 1. The fourth-order valence-corrected chi connectivity index (χ4v) is 4.08. The van der Waals surface area contributed by atoms with Gasteiger partial charge in [-0.2, -0.15) is 4.31 Å². The van der Waals surface area contributed by atoms with Crippen LogP contribution in [0.15, 0.2) is 23.2 Å². The highest BCUT2D eigenvalue weighted by atomic mass is 32.2. The number of nitrogens with two attached hydrogens (primary N) is 1. The molecular formula is C12H19N3O3S. The maximum atomic E-state index is 12.6. The van der Waals surface area contributed by atoms with Gasteiger partial charge in [0.25, 0.3) is 0 Å². The van der Waals surface area contributed by atoms with Gasteiger partial charge in [0.2, 0.25) is 10.0 Å². The SMILES string of the molecule is NCc1ncccc1S(=O)(=O)N1CCCC(CO)C1. The van der Waals surface area contributed by atoms with Crippen molar-refractivity contribution in [1.29, 1.82) is 0 Å². The third-order valence-corrected chi connectivity index (χ3v) is 5.34. The lowest BCUT2D eigenvalue weighted by molar-refractivity contribution is 0.165. The fourth-order valence-electron chi connectivity index (χ4n) is 2.34. The highest BCUT2D eigenvalue weighted by Gasteiger charge is 2.31. The zero-order valence-electron chi connectivity index (χ0n) is 10.7. The Hall–Kier alpha value is -1.02. The first kappa shape index (κ1) is 14.4. The van der Waals surface area contributed by atoms with E-state index >= 15 is 0 Å². The van der Waals surface area contributed by atoms with E-state index in [1.54, 1.807) is 6.07 Å². The van der Waals surface area contributed by atoms with Crippen LogP contribution in [0.25, 0.3) is 0 Å². The minimum Gasteiger partial charge on any atom is -0.396 e. The molecule has 2 heterocycles. The van der Waals surface area contributed by atoms with Crippen LogP contribution in [0.5, 0.6) is 0 Å². The lowest BCUT2D eigenvalue weighted by atomic mass is 10.0. The van der Waals surface area contributed by atoms with Gasteiger partial charge in [0.1, 0.15) is 4.90 Å². The predicted octanol–water partition coefficient (Wildman–Crippen LogP) is -0.0667. The minimum atomic E-state index is -3.57. The lowest BCUT2D eigenvalue weighted by Gasteiger charge is -2.31. The molecule has 0 aromatic carbocycles. The normalized spacial score (nSPS) is 21.5. The molecule has 6 nitrogen and oxygen atoms in total. The third kappa shape index (κ3) is 2.94. The number of hydrogen-bond donors (Lipinski definition) is 2. The van der Waals surface area contributed by atoms with Crippen LogP contribution in [0.2, 0.25) is 0 Å². The van der Waals surface area contributed by atoms with Gasteiger partial charge in [0, 0.05) is 32.4 Å². The first-order valence-corrected chi connectivity index (χ1v) is 7.78. The summed E-state index contributed by atoms with van der Waals surface area (Å²) in [5.41, 5.74) is 5.93. The van der Waals surface area contributed by atoms with Gasteiger partial charge in [0.05, 0.1) is 5.69 Å². The molecule has 3 N–H and O–H groups in total. The summed E-state index contributed by atoms with van der Waals surface area (Å²) in [6.45, 7) is 0.949. The molecule has 0 aliphatic carbocycles. The van der Waals surface area contributed by atoms with Gasteiger partial charge in [-0.05, 0) is 30.9 Å². The predicted molar refractivity (Wildman–Crippen MR) is 70.7 cm³/mol. The van der Waals surface area contributed by atoms with Crippen molar-refractivity contribution < 1.29 is 13.5 Å². The van der Waals surface area contributed by atoms with E-state index < -0.39 is 10.0 Å². The first-order valence-electron chi connectivity index (χ1n) is 6.34. The van der Waals surface area contributed by atoms with Crippen molar-refractivity contribution >= 4 is 10.0 Å². The van der Waals surface area contributed by atoms with E-state index in [2.05, 4.69) is 4.98 Å². The van der Waals surface area contributed by atoms with Gasteiger partial charge in [-0.3, -0.25) is 4.98 Å². The molecule has 2 rings (SSSR count). The minimum absolute atomic E-state index is 0.0153. The van der Waals surface area contributed by atoms with Crippen LogP contribution in [0.3, 0.4) is 0 Å². The Bertz CT molecular complexity index is 533. The van der Waals surface area contributed by atoms with Gasteiger partial charge in [-0.15, -0.1) is 0 Å². The van der Waals surface area contributed by atoms with Crippen LogP contribution in [-0.2, 0) is 16.6 Å². The number of hydrogen-bond acceptors (Lipinski definition) is 5. The molecule has 0 spiro atoms. The first-order chi connectivity index (χ1) is 9.09. The quantitative estimate of drug-likeness (QED) is 0.807. The summed E-state index contributed by atoms with van der Waals surface area (Å²) < 4.78 is 26.6. The van der Waals surface area contributed by atoms with Crippen LogP contribution in [0.1, 0.15) is 18.5 Å². The molecule has 7 heteroatoms. The van der Waals surface area contributed by atoms with Gasteiger partial charge in [0.15, 0.2) is 0 Å². The lowest BCUT2D eigenvalue weighted by Crippen LogP contribution is -2.41. The second-order valence-corrected chi connectivity index (χ2v) is 6.61. The summed E-state index contributed by atoms with van der Waals surface area (Å²) in [4.78, 5) is 4.19. The molecule has 1 aromatic heterocycles. The van der Waals surface area contributed by atoms with E-state index in [1.807, 2.05) is 0 Å². The van der Waals surface area contributed by atoms with Crippen molar-refractivity contribution in [1.82, 2.24) is 9.29 Å². The van der Waals surface area contributed by atoms with Crippen molar-refractivity contribution in [2.24, 2.45) is 11.7 Å². The summed E-state index contributed by atoms with van der Waals surface area (Å²) in [5.74, 6) is 0.0153. The van der Waals surface area contributed by atoms with Gasteiger partial charge in [-0.1, -0.05) is 0 Å². The number of aromatic nitrogens is 1. The summed E-state index contributed by atoms with van der Waals surface area (Å²) in [7, 11) is -3.57. The Balaban J connectivity index is 2.31. The largest absolute Gasteiger partial charge is 0.396 e. The van der Waals surface area contributed by atoms with E-state index in [1.165, 1.54) is 16.6 Å². The van der Waals surface area contributed by atoms with Crippen LogP contribution < -0.4 is 5.73 Å². The number of pyridine rings is 1. The van der Waals surface area contributed by atoms with Crippen molar-refractivity contribution in [3.05, 3.63) is 24.0 Å². The van der Waals surface area contributed by atoms with Crippen LogP contribution in [0, 0.1) is 5.92 Å². The highest BCUT2D eigenvalue weighted by Crippen LogP contribution is 2.24. The number of rotatable bonds is 4. The molecule has 1 unspecified atom stereocenters. The molecule has 0 bridgehead atoms. The standard InChI is InChI=1S/C12H19N3O3S/c13-7-11-12(4-1-5-14-11)19(17,18)15-6-2-3-10(8-15)9-16/h1,4-5,10,16H,2-3,6-9,13H2. The second-order valence-electron chi connectivity index (χ2n) is 4.71. The monoisotopic (exact) mass is 285 g/mol. The van der Waals surface area contributed by atoms with Crippen molar-refractivity contribution in [2.45, 2.75) is 24.3 Å². The molecule has 1 saturated heterocycles. The summed E-state index contributed by atoms with van der Waals surface area (Å²) >= 11 is 0. The van der Waals surface area contributed by atoms with Crippen molar-refractivity contribution in [2.75, 3.05) is 19.7 Å². The Morgan fingerprint density at radius 1 is 1.53 bits per heavy atom. The van der Waals surface area contributed by atoms with E-state index in [0.717, 1.165) is 12.8 Å². The number of aliphatic hydroxyl groups excluding tert-OH is 1. The van der Waals surface area contributed by atoms with Gasteiger partial charge in [-0.25, -0.2) is 8.42 Å². The zero-order chi connectivity index (χ0) is 13.9. The van der Waals surface area contributed by atoms with Crippen LogP contribution in [0.4, 0.5) is 0 Å². The van der Waals surface area contributed by atoms with Crippen molar-refractivity contribution in [3.63, 3.8) is 0 Å². The Kier molecular flexibility index (Phi) is 4.51. The maximum absolute atomic E-state index is 12.6. The van der Waals surface area contributed by atoms with Crippen LogP contribution >= 0.6 is 0 Å². The van der Waals surface area contributed by atoms with Gasteiger partial charge >= 0.3 is 0 Å². The van der Waals surface area contributed by atoms with E-state index in [0.29, 0.717) is 18.8 Å². The second kappa shape index (κ2) is 5.96.